The van der Waals surface area contributed by atoms with Crippen molar-refractivity contribution in [1.82, 2.24) is 45.0 Å². The molecule has 0 saturated heterocycles. The maximum absolute atomic E-state index is 14.9. The molecule has 0 spiro atoms. The molecule has 4 aromatic heterocycles. The van der Waals surface area contributed by atoms with Crippen molar-refractivity contribution in [2.75, 3.05) is 17.2 Å². The monoisotopic (exact) mass is 685 g/mol. The van der Waals surface area contributed by atoms with Crippen LogP contribution < -0.4 is 15.4 Å². The molecule has 50 heavy (non-hydrogen) atoms. The maximum Gasteiger partial charge on any atom is 0.337 e. The number of benzene rings is 2. The molecule has 6 rings (SSSR count). The quantitative estimate of drug-likeness (QED) is 0.135. The highest BCUT2D eigenvalue weighted by Crippen LogP contribution is 2.28. The van der Waals surface area contributed by atoms with Gasteiger partial charge in [0.25, 0.3) is 11.8 Å². The summed E-state index contributed by atoms with van der Waals surface area (Å²) in [5.41, 5.74) is -1.62. The molecule has 0 unspecified atom stereocenters. The van der Waals surface area contributed by atoms with Crippen LogP contribution in [-0.4, -0.2) is 85.6 Å². The lowest BCUT2D eigenvalue weighted by molar-refractivity contribution is 0.0686. The largest absolute Gasteiger partial charge is 0.490 e. The van der Waals surface area contributed by atoms with Gasteiger partial charge in [0.05, 0.1) is 29.1 Å². The lowest BCUT2D eigenvalue weighted by atomic mass is 10.0. The van der Waals surface area contributed by atoms with E-state index in [1.807, 2.05) is 0 Å². The highest BCUT2D eigenvalue weighted by atomic mass is 19.1. The number of carboxylic acid groups (broad SMARTS) is 2. The van der Waals surface area contributed by atoms with Crippen LogP contribution in [0.3, 0.4) is 0 Å². The van der Waals surface area contributed by atoms with E-state index in [4.69, 9.17) is 4.74 Å². The summed E-state index contributed by atoms with van der Waals surface area (Å²) in [5, 5.41) is 46.4. The summed E-state index contributed by atoms with van der Waals surface area (Å²) in [6.07, 6.45) is 4.66. The molecule has 4 N–H and O–H groups in total. The molecular weight excluding hydrogens is 664 g/mol. The van der Waals surface area contributed by atoms with Crippen LogP contribution in [0.5, 0.6) is 5.75 Å². The van der Waals surface area contributed by atoms with Gasteiger partial charge in [-0.1, -0.05) is 0 Å². The summed E-state index contributed by atoms with van der Waals surface area (Å²) in [6.45, 7) is -0.213. The van der Waals surface area contributed by atoms with Gasteiger partial charge in [-0.2, -0.15) is 0 Å². The average Bonchev–Trinajstić information content (AvgIpc) is 3.81. The van der Waals surface area contributed by atoms with Crippen LogP contribution in [0.25, 0.3) is 11.5 Å². The normalized spacial score (nSPS) is 10.9. The molecule has 0 aliphatic carbocycles. The molecule has 2 aromatic carbocycles. The highest BCUT2D eigenvalue weighted by Gasteiger charge is 2.21. The number of tetrazole rings is 1. The van der Waals surface area contributed by atoms with Crippen LogP contribution in [0.2, 0.25) is 0 Å². The van der Waals surface area contributed by atoms with Crippen molar-refractivity contribution in [3.8, 4) is 11.6 Å². The Bertz CT molecular complexity index is 2260. The number of aromatic nitrogens is 9. The number of hydrogen-bond donors (Lipinski definition) is 4. The van der Waals surface area contributed by atoms with Crippen molar-refractivity contribution in [3.05, 3.63) is 107 Å². The number of imidazole rings is 1. The number of aromatic carboxylic acids is 2. The molecule has 0 fully saturated rings. The number of hydrogen-bond acceptors (Lipinski definition) is 12. The van der Waals surface area contributed by atoms with Crippen LogP contribution in [0.4, 0.5) is 20.2 Å². The predicted octanol–water partition coefficient (Wildman–Crippen LogP) is 2.69. The van der Waals surface area contributed by atoms with Crippen LogP contribution >= 0.6 is 0 Å². The zero-order chi connectivity index (χ0) is 35.4. The van der Waals surface area contributed by atoms with E-state index in [1.54, 1.807) is 10.8 Å². The summed E-state index contributed by atoms with van der Waals surface area (Å²) in [4.78, 5) is 53.2. The fraction of sp³-hybridized carbons (Fsp3) is 0.100. The third-order valence-corrected chi connectivity index (χ3v) is 7.02. The van der Waals surface area contributed by atoms with Gasteiger partial charge in [0, 0.05) is 18.5 Å². The van der Waals surface area contributed by atoms with E-state index in [0.29, 0.717) is 11.9 Å². The van der Waals surface area contributed by atoms with Crippen molar-refractivity contribution in [2.45, 2.75) is 12.8 Å². The molecule has 252 valence electrons. The molecule has 0 aliphatic heterocycles. The molecular formula is C30H21F2N11O7. The number of amides is 2. The zero-order valence-corrected chi connectivity index (χ0v) is 25.2. The van der Waals surface area contributed by atoms with Gasteiger partial charge in [-0.3, -0.25) is 14.2 Å². The number of aryl methyl sites for hydroxylation is 1. The number of nitrogens with zero attached hydrogens (tertiary/aromatic N) is 9. The fourth-order valence-corrected chi connectivity index (χ4v) is 4.60. The Morgan fingerprint density at radius 1 is 0.820 bits per heavy atom. The van der Waals surface area contributed by atoms with Gasteiger partial charge in [0.2, 0.25) is 0 Å². The Morgan fingerprint density at radius 3 is 2.20 bits per heavy atom. The summed E-state index contributed by atoms with van der Waals surface area (Å²) in [5.74, 6) is -6.62. The van der Waals surface area contributed by atoms with Crippen LogP contribution in [0.1, 0.15) is 53.7 Å². The molecule has 20 heteroatoms. The van der Waals surface area contributed by atoms with E-state index >= 15 is 0 Å². The number of carboxylic acids is 2. The first-order chi connectivity index (χ1) is 24.1. The number of ether oxygens (including phenoxy) is 1. The molecule has 0 radical (unpaired) electrons. The maximum atomic E-state index is 14.9. The van der Waals surface area contributed by atoms with Crippen molar-refractivity contribution >= 4 is 40.8 Å². The average molecular weight is 686 g/mol. The Hall–Kier alpha value is -7.25. The standard InChI is InChI=1S/C30H21F2N11O7/c31-18-11-16(29(46)47)22(34-27(44)20-3-5-25(37-36-20)42-8-7-33-14-42)10-15(18)2-1-9-50-24-13-23(17(30(48)49)12-19(24)32)35-28(45)21-4-6-26-38-40-41-43(26)39-21/h3-8,10-14H,1-2,9H2,(H,34,44)(H,35,45)(H,46,47)(H,48,49). The number of fused-ring (bicyclic) bond motifs is 1. The lowest BCUT2D eigenvalue weighted by Crippen LogP contribution is -2.18. The number of rotatable bonds is 12. The van der Waals surface area contributed by atoms with Crippen molar-refractivity contribution < 1.29 is 42.9 Å². The second-order valence-electron chi connectivity index (χ2n) is 10.3. The third-order valence-electron chi connectivity index (χ3n) is 7.02. The number of anilines is 2. The first-order valence-electron chi connectivity index (χ1n) is 14.3. The van der Waals surface area contributed by atoms with Gasteiger partial charge in [-0.25, -0.2) is 23.4 Å². The van der Waals surface area contributed by atoms with Gasteiger partial charge >= 0.3 is 11.9 Å². The third kappa shape index (κ3) is 7.02. The summed E-state index contributed by atoms with van der Waals surface area (Å²) in [6, 6.07) is 9.13. The minimum atomic E-state index is -1.53. The summed E-state index contributed by atoms with van der Waals surface area (Å²) >= 11 is 0. The lowest BCUT2D eigenvalue weighted by Gasteiger charge is -2.14. The number of nitrogens with one attached hydrogen (secondary N) is 2. The van der Waals surface area contributed by atoms with Gasteiger partial charge in [-0.15, -0.1) is 25.0 Å². The second-order valence-corrected chi connectivity index (χ2v) is 10.3. The van der Waals surface area contributed by atoms with Crippen LogP contribution in [0.15, 0.2) is 67.3 Å². The van der Waals surface area contributed by atoms with E-state index in [9.17, 15) is 38.2 Å². The summed E-state index contributed by atoms with van der Waals surface area (Å²) < 4.78 is 37.8. The number of carbonyl (C=O) groups excluding carboxylic acids is 2. The van der Waals surface area contributed by atoms with E-state index in [2.05, 4.69) is 46.4 Å². The van der Waals surface area contributed by atoms with Crippen LogP contribution in [-0.2, 0) is 6.42 Å². The predicted molar refractivity (Wildman–Crippen MR) is 164 cm³/mol. The molecule has 0 atom stereocenters. The second kappa shape index (κ2) is 13.9. The Labute approximate surface area is 277 Å². The van der Waals surface area contributed by atoms with Crippen LogP contribution in [0, 0.1) is 11.6 Å². The van der Waals surface area contributed by atoms with E-state index in [0.717, 1.165) is 22.8 Å². The van der Waals surface area contributed by atoms with E-state index < -0.39 is 52.3 Å². The molecule has 2 amide bonds. The Balaban J connectivity index is 1.13. The minimum absolute atomic E-state index is 0.0112. The number of carbonyl (C=O) groups is 4. The Morgan fingerprint density at radius 2 is 1.52 bits per heavy atom. The summed E-state index contributed by atoms with van der Waals surface area (Å²) in [7, 11) is 0. The topological polar surface area (TPSA) is 242 Å². The first kappa shape index (κ1) is 32.7. The van der Waals surface area contributed by atoms with E-state index in [1.165, 1.54) is 36.8 Å². The van der Waals surface area contributed by atoms with E-state index in [-0.39, 0.29) is 53.4 Å². The Kier molecular flexibility index (Phi) is 9.05. The van der Waals surface area contributed by atoms with Gasteiger partial charge in [0.15, 0.2) is 34.4 Å². The molecule has 0 aliphatic rings. The SMILES string of the molecule is O=C(Nc1cc(CCCOc2cc(NC(=O)c3ccc4nnnn4n3)c(C(=O)O)cc2F)c(F)cc1C(=O)O)c1ccc(-n2ccnc2)nn1. The molecule has 6 aromatic rings. The fourth-order valence-electron chi connectivity index (χ4n) is 4.60. The minimum Gasteiger partial charge on any atom is -0.490 e. The molecule has 0 saturated carbocycles. The molecule has 0 bridgehead atoms. The molecule has 4 heterocycles. The smallest absolute Gasteiger partial charge is 0.337 e. The highest BCUT2D eigenvalue weighted by molar-refractivity contribution is 6.07. The zero-order valence-electron chi connectivity index (χ0n) is 25.2. The molecule has 18 nitrogen and oxygen atoms in total. The van der Waals surface area contributed by atoms with Crippen molar-refractivity contribution in [2.24, 2.45) is 0 Å². The van der Waals surface area contributed by atoms with Crippen molar-refractivity contribution in [3.63, 3.8) is 0 Å². The first-order valence-corrected chi connectivity index (χ1v) is 14.3. The van der Waals surface area contributed by atoms with Crippen molar-refractivity contribution in [1.29, 1.82) is 0 Å². The van der Waals surface area contributed by atoms with Gasteiger partial charge < -0.3 is 25.6 Å². The van der Waals surface area contributed by atoms with Gasteiger partial charge in [0.1, 0.15) is 12.1 Å². The number of halogens is 2. The van der Waals surface area contributed by atoms with Gasteiger partial charge in [-0.05, 0) is 71.3 Å².